The number of esters is 1. The standard InChI is InChI=1S/C21H23NO5/c1-3-7-16-13-26-14-17(16)22-11-10-18(23)20(19(22)21(24)25-2)27-12-15-8-5-4-6-9-15/h3-6,8-11,16-17H,1,7,12-14H2,2H3. The Bertz CT molecular complexity index is 859. The van der Waals surface area contributed by atoms with Crippen LogP contribution in [0.1, 0.15) is 28.5 Å². The van der Waals surface area contributed by atoms with Crippen molar-refractivity contribution in [3.05, 3.63) is 76.7 Å². The molecule has 0 amide bonds. The number of benzene rings is 1. The molecular formula is C21H23NO5. The van der Waals surface area contributed by atoms with Gasteiger partial charge in [-0.3, -0.25) is 4.79 Å². The zero-order valence-corrected chi connectivity index (χ0v) is 15.3. The van der Waals surface area contributed by atoms with Gasteiger partial charge in [-0.05, 0) is 12.0 Å². The van der Waals surface area contributed by atoms with Crippen LogP contribution < -0.4 is 10.2 Å². The molecule has 2 heterocycles. The Morgan fingerprint density at radius 2 is 2.07 bits per heavy atom. The largest absolute Gasteiger partial charge is 0.482 e. The molecule has 1 aromatic carbocycles. The highest BCUT2D eigenvalue weighted by Crippen LogP contribution is 2.31. The molecule has 3 rings (SSSR count). The molecule has 6 nitrogen and oxygen atoms in total. The highest BCUT2D eigenvalue weighted by Gasteiger charge is 2.33. The van der Waals surface area contributed by atoms with Crippen LogP contribution in [0.4, 0.5) is 0 Å². The van der Waals surface area contributed by atoms with Crippen LogP contribution in [0.25, 0.3) is 0 Å². The Kier molecular flexibility index (Phi) is 6.08. The predicted octanol–water partition coefficient (Wildman–Crippen LogP) is 2.98. The molecule has 0 spiro atoms. The Balaban J connectivity index is 2.00. The molecule has 0 bridgehead atoms. The van der Waals surface area contributed by atoms with E-state index in [0.717, 1.165) is 12.0 Å². The molecule has 1 fully saturated rings. The summed E-state index contributed by atoms with van der Waals surface area (Å²) in [5.41, 5.74) is 0.657. The lowest BCUT2D eigenvalue weighted by Crippen LogP contribution is -2.27. The van der Waals surface area contributed by atoms with Crippen molar-refractivity contribution >= 4 is 5.97 Å². The first-order valence-corrected chi connectivity index (χ1v) is 8.84. The van der Waals surface area contributed by atoms with Crippen molar-refractivity contribution in [1.82, 2.24) is 4.57 Å². The van der Waals surface area contributed by atoms with Crippen molar-refractivity contribution in [3.63, 3.8) is 0 Å². The van der Waals surface area contributed by atoms with Gasteiger partial charge in [0.05, 0.1) is 26.4 Å². The van der Waals surface area contributed by atoms with E-state index >= 15 is 0 Å². The van der Waals surface area contributed by atoms with Crippen LogP contribution in [-0.2, 0) is 16.1 Å². The number of methoxy groups -OCH3 is 1. The van der Waals surface area contributed by atoms with Crippen molar-refractivity contribution in [2.45, 2.75) is 19.1 Å². The molecule has 27 heavy (non-hydrogen) atoms. The highest BCUT2D eigenvalue weighted by atomic mass is 16.5. The minimum absolute atomic E-state index is 0.00236. The molecule has 0 aliphatic carbocycles. The van der Waals surface area contributed by atoms with Gasteiger partial charge in [0, 0.05) is 18.2 Å². The van der Waals surface area contributed by atoms with Crippen LogP contribution >= 0.6 is 0 Å². The van der Waals surface area contributed by atoms with Gasteiger partial charge in [-0.25, -0.2) is 4.79 Å². The third-order valence-electron chi connectivity index (χ3n) is 4.68. The fraction of sp³-hybridized carbons (Fsp3) is 0.333. The van der Waals surface area contributed by atoms with Crippen LogP contribution in [0.5, 0.6) is 5.75 Å². The molecule has 2 unspecified atom stereocenters. The summed E-state index contributed by atoms with van der Waals surface area (Å²) in [6.45, 7) is 4.99. The molecule has 142 valence electrons. The number of carbonyl (C=O) groups excluding carboxylic acids is 1. The maximum atomic E-state index is 12.5. The van der Waals surface area contributed by atoms with Gasteiger partial charge in [0.15, 0.2) is 11.4 Å². The lowest BCUT2D eigenvalue weighted by Gasteiger charge is -2.24. The van der Waals surface area contributed by atoms with Crippen LogP contribution in [0.3, 0.4) is 0 Å². The van der Waals surface area contributed by atoms with Crippen LogP contribution in [0.15, 0.2) is 60.0 Å². The maximum absolute atomic E-state index is 12.5. The van der Waals surface area contributed by atoms with Gasteiger partial charge < -0.3 is 18.8 Å². The predicted molar refractivity (Wildman–Crippen MR) is 101 cm³/mol. The molecule has 0 N–H and O–H groups in total. The first-order chi connectivity index (χ1) is 13.2. The molecular weight excluding hydrogens is 346 g/mol. The maximum Gasteiger partial charge on any atom is 0.358 e. The molecule has 1 saturated heterocycles. The van der Waals surface area contributed by atoms with Crippen LogP contribution in [0, 0.1) is 5.92 Å². The van der Waals surface area contributed by atoms with Gasteiger partial charge in [0.1, 0.15) is 6.61 Å². The summed E-state index contributed by atoms with van der Waals surface area (Å²) in [4.78, 5) is 25.0. The van der Waals surface area contributed by atoms with Crippen LogP contribution in [-0.4, -0.2) is 30.9 Å². The first kappa shape index (κ1) is 18.9. The first-order valence-electron chi connectivity index (χ1n) is 8.84. The molecule has 2 atom stereocenters. The van der Waals surface area contributed by atoms with Crippen LogP contribution in [0.2, 0.25) is 0 Å². The Morgan fingerprint density at radius 1 is 1.30 bits per heavy atom. The van der Waals surface area contributed by atoms with Gasteiger partial charge in [0.2, 0.25) is 5.43 Å². The number of hydrogen-bond donors (Lipinski definition) is 0. The topological polar surface area (TPSA) is 66.8 Å². The number of hydrogen-bond acceptors (Lipinski definition) is 5. The third kappa shape index (κ3) is 4.11. The van der Waals surface area contributed by atoms with E-state index in [1.165, 1.54) is 13.2 Å². The Hall–Kier alpha value is -2.86. The van der Waals surface area contributed by atoms with Gasteiger partial charge in [-0.2, -0.15) is 0 Å². The van der Waals surface area contributed by atoms with Crippen molar-refractivity contribution in [3.8, 4) is 5.75 Å². The summed E-state index contributed by atoms with van der Waals surface area (Å²) in [6, 6.07) is 10.8. The van der Waals surface area contributed by atoms with Gasteiger partial charge in [-0.15, -0.1) is 6.58 Å². The third-order valence-corrected chi connectivity index (χ3v) is 4.68. The van der Waals surface area contributed by atoms with E-state index in [1.807, 2.05) is 36.4 Å². The average molecular weight is 369 g/mol. The number of carbonyl (C=O) groups is 1. The number of pyridine rings is 1. The summed E-state index contributed by atoms with van der Waals surface area (Å²) in [7, 11) is 1.29. The van der Waals surface area contributed by atoms with Crippen molar-refractivity contribution in [1.29, 1.82) is 0 Å². The summed E-state index contributed by atoms with van der Waals surface area (Å²) < 4.78 is 18.1. The highest BCUT2D eigenvalue weighted by molar-refractivity contribution is 5.90. The second-order valence-corrected chi connectivity index (χ2v) is 6.42. The monoisotopic (exact) mass is 369 g/mol. The number of allylic oxidation sites excluding steroid dienone is 1. The van der Waals surface area contributed by atoms with Crippen molar-refractivity contribution < 1.29 is 19.0 Å². The minimum atomic E-state index is -0.611. The number of aromatic nitrogens is 1. The molecule has 0 radical (unpaired) electrons. The summed E-state index contributed by atoms with van der Waals surface area (Å²) in [5.74, 6) is -0.451. The zero-order valence-electron chi connectivity index (χ0n) is 15.3. The van der Waals surface area contributed by atoms with Gasteiger partial charge in [0.25, 0.3) is 0 Å². The van der Waals surface area contributed by atoms with E-state index in [9.17, 15) is 9.59 Å². The molecule has 1 aliphatic heterocycles. The molecule has 1 aromatic heterocycles. The average Bonchev–Trinajstić information content (AvgIpc) is 3.15. The van der Waals surface area contributed by atoms with Crippen molar-refractivity contribution in [2.75, 3.05) is 20.3 Å². The van der Waals surface area contributed by atoms with E-state index in [4.69, 9.17) is 14.2 Å². The van der Waals surface area contributed by atoms with E-state index in [2.05, 4.69) is 6.58 Å². The lowest BCUT2D eigenvalue weighted by atomic mass is 9.99. The smallest absolute Gasteiger partial charge is 0.358 e. The van der Waals surface area contributed by atoms with Crippen molar-refractivity contribution in [2.24, 2.45) is 5.92 Å². The number of nitrogens with zero attached hydrogens (tertiary/aromatic N) is 1. The van der Waals surface area contributed by atoms with E-state index in [-0.39, 0.29) is 35.4 Å². The second-order valence-electron chi connectivity index (χ2n) is 6.42. The summed E-state index contributed by atoms with van der Waals surface area (Å²) in [5, 5.41) is 0. The van der Waals surface area contributed by atoms with E-state index in [1.54, 1.807) is 10.8 Å². The lowest BCUT2D eigenvalue weighted by molar-refractivity contribution is 0.0575. The molecule has 2 aromatic rings. The minimum Gasteiger partial charge on any atom is -0.482 e. The normalized spacial score (nSPS) is 18.9. The zero-order chi connectivity index (χ0) is 19.2. The summed E-state index contributed by atoms with van der Waals surface area (Å²) in [6.07, 6.45) is 4.19. The molecule has 6 heteroatoms. The number of rotatable bonds is 7. The molecule has 0 saturated carbocycles. The van der Waals surface area contributed by atoms with Gasteiger partial charge >= 0.3 is 5.97 Å². The SMILES string of the molecule is C=CCC1COCC1n1ccc(=O)c(OCc2ccccc2)c1C(=O)OC. The van der Waals surface area contributed by atoms with Gasteiger partial charge in [-0.1, -0.05) is 36.4 Å². The summed E-state index contributed by atoms with van der Waals surface area (Å²) >= 11 is 0. The second kappa shape index (κ2) is 8.68. The number of ether oxygens (including phenoxy) is 3. The Labute approximate surface area is 158 Å². The quantitative estimate of drug-likeness (QED) is 0.554. The Morgan fingerprint density at radius 3 is 2.78 bits per heavy atom. The molecule has 1 aliphatic rings. The fourth-order valence-electron chi connectivity index (χ4n) is 3.31. The van der Waals surface area contributed by atoms with E-state index in [0.29, 0.717) is 13.2 Å². The van der Waals surface area contributed by atoms with E-state index < -0.39 is 5.97 Å². The fourth-order valence-corrected chi connectivity index (χ4v) is 3.31.